The van der Waals surface area contributed by atoms with E-state index in [4.69, 9.17) is 5.26 Å². The molecule has 0 aromatic heterocycles. The number of nitrogens with zero attached hydrogens (tertiary/aromatic N) is 3. The minimum absolute atomic E-state index is 0.0270. The summed E-state index contributed by atoms with van der Waals surface area (Å²) >= 11 is 0. The highest BCUT2D eigenvalue weighted by atomic mass is 16.2. The van der Waals surface area contributed by atoms with Gasteiger partial charge in [-0.1, -0.05) is 60.7 Å². The van der Waals surface area contributed by atoms with E-state index in [0.717, 1.165) is 31.9 Å². The first kappa shape index (κ1) is 20.8. The Morgan fingerprint density at radius 1 is 0.839 bits per heavy atom. The fourth-order valence-electron chi connectivity index (χ4n) is 4.10. The summed E-state index contributed by atoms with van der Waals surface area (Å²) in [4.78, 5) is 17.2. The number of nitrogens with one attached hydrogen (secondary N) is 1. The average Bonchev–Trinajstić information content (AvgIpc) is 2.82. The lowest BCUT2D eigenvalue weighted by Gasteiger charge is -2.39. The summed E-state index contributed by atoms with van der Waals surface area (Å²) in [6.45, 7) is 3.86. The molecule has 5 heteroatoms. The van der Waals surface area contributed by atoms with Crippen molar-refractivity contribution in [2.75, 3.05) is 38.0 Å². The molecule has 1 aliphatic heterocycles. The molecule has 31 heavy (non-hydrogen) atoms. The van der Waals surface area contributed by atoms with E-state index < -0.39 is 0 Å². The normalized spacial score (nSPS) is 14.8. The van der Waals surface area contributed by atoms with Crippen molar-refractivity contribution in [3.8, 4) is 6.07 Å². The van der Waals surface area contributed by atoms with Crippen LogP contribution in [0.25, 0.3) is 0 Å². The third-order valence-corrected chi connectivity index (χ3v) is 5.67. The molecular formula is C26H26N4O. The molecule has 1 amide bonds. The maximum atomic E-state index is 12.5. The molecule has 0 spiro atoms. The zero-order valence-electron chi connectivity index (χ0n) is 17.4. The van der Waals surface area contributed by atoms with Crippen LogP contribution in [0, 0.1) is 11.3 Å². The Hall–Kier alpha value is -3.46. The van der Waals surface area contributed by atoms with Crippen LogP contribution in [-0.2, 0) is 4.79 Å². The van der Waals surface area contributed by atoms with Crippen LogP contribution < -0.4 is 5.32 Å². The van der Waals surface area contributed by atoms with Gasteiger partial charge in [-0.15, -0.1) is 0 Å². The van der Waals surface area contributed by atoms with Crippen molar-refractivity contribution in [1.82, 2.24) is 9.80 Å². The fraction of sp³-hybridized carbons (Fsp3) is 0.231. The summed E-state index contributed by atoms with van der Waals surface area (Å²) in [6, 6.07) is 30.5. The lowest BCUT2D eigenvalue weighted by molar-refractivity contribution is -0.117. The fourth-order valence-corrected chi connectivity index (χ4v) is 4.10. The van der Waals surface area contributed by atoms with Crippen LogP contribution in [0.3, 0.4) is 0 Å². The standard InChI is InChI=1S/C26H26N4O/c27-19-21-11-13-24(14-12-21)28-25(31)20-29-15-17-30(18-16-29)26(22-7-3-1-4-8-22)23-9-5-2-6-10-23/h1-14,26H,15-18,20H2,(H,28,31). The highest BCUT2D eigenvalue weighted by Gasteiger charge is 2.26. The van der Waals surface area contributed by atoms with Crippen molar-refractivity contribution in [1.29, 1.82) is 5.26 Å². The summed E-state index contributed by atoms with van der Waals surface area (Å²) in [5, 5.41) is 11.8. The highest BCUT2D eigenvalue weighted by molar-refractivity contribution is 5.92. The average molecular weight is 411 g/mol. The molecule has 1 saturated heterocycles. The first-order valence-corrected chi connectivity index (χ1v) is 10.6. The van der Waals surface area contributed by atoms with E-state index in [-0.39, 0.29) is 11.9 Å². The topological polar surface area (TPSA) is 59.4 Å². The maximum Gasteiger partial charge on any atom is 0.238 e. The molecule has 0 atom stereocenters. The number of hydrogen-bond donors (Lipinski definition) is 1. The zero-order chi connectivity index (χ0) is 21.5. The molecular weight excluding hydrogens is 384 g/mol. The van der Waals surface area contributed by atoms with Gasteiger partial charge in [-0.25, -0.2) is 0 Å². The van der Waals surface area contributed by atoms with E-state index in [1.807, 2.05) is 0 Å². The van der Waals surface area contributed by atoms with Gasteiger partial charge in [0, 0.05) is 31.9 Å². The van der Waals surface area contributed by atoms with Gasteiger partial charge in [0.05, 0.1) is 24.2 Å². The highest BCUT2D eigenvalue weighted by Crippen LogP contribution is 2.29. The molecule has 156 valence electrons. The zero-order valence-corrected chi connectivity index (χ0v) is 17.4. The number of piperazine rings is 1. The summed E-state index contributed by atoms with van der Waals surface area (Å²) in [6.07, 6.45) is 0. The van der Waals surface area contributed by atoms with Crippen molar-refractivity contribution in [2.45, 2.75) is 6.04 Å². The monoisotopic (exact) mass is 410 g/mol. The number of rotatable bonds is 6. The Morgan fingerprint density at radius 3 is 1.90 bits per heavy atom. The molecule has 0 radical (unpaired) electrons. The van der Waals surface area contributed by atoms with E-state index in [1.165, 1.54) is 11.1 Å². The molecule has 1 fully saturated rings. The summed E-state index contributed by atoms with van der Waals surface area (Å²) in [5.41, 5.74) is 3.89. The van der Waals surface area contributed by atoms with Gasteiger partial charge in [0.1, 0.15) is 0 Å². The second-order valence-corrected chi connectivity index (χ2v) is 7.77. The van der Waals surface area contributed by atoms with Crippen LogP contribution in [0.15, 0.2) is 84.9 Å². The van der Waals surface area contributed by atoms with Gasteiger partial charge >= 0.3 is 0 Å². The lowest BCUT2D eigenvalue weighted by Crippen LogP contribution is -2.49. The molecule has 1 aliphatic rings. The number of carbonyl (C=O) groups excluding carboxylic acids is 1. The van der Waals surface area contributed by atoms with Crippen molar-refractivity contribution in [3.05, 3.63) is 102 Å². The number of benzene rings is 3. The third-order valence-electron chi connectivity index (χ3n) is 5.67. The third kappa shape index (κ3) is 5.37. The van der Waals surface area contributed by atoms with Gasteiger partial charge in [0.2, 0.25) is 5.91 Å². The molecule has 0 unspecified atom stereocenters. The molecule has 0 saturated carbocycles. The van der Waals surface area contributed by atoms with Crippen LogP contribution in [0.5, 0.6) is 0 Å². The van der Waals surface area contributed by atoms with Gasteiger partial charge in [-0.05, 0) is 35.4 Å². The second-order valence-electron chi connectivity index (χ2n) is 7.77. The second kappa shape index (κ2) is 10.0. The van der Waals surface area contributed by atoms with Gasteiger partial charge < -0.3 is 5.32 Å². The van der Waals surface area contributed by atoms with Crippen LogP contribution in [0.4, 0.5) is 5.69 Å². The van der Waals surface area contributed by atoms with Crippen molar-refractivity contribution >= 4 is 11.6 Å². The van der Waals surface area contributed by atoms with Crippen molar-refractivity contribution in [2.24, 2.45) is 0 Å². The predicted molar refractivity (Wildman–Crippen MR) is 123 cm³/mol. The van der Waals surface area contributed by atoms with Crippen LogP contribution >= 0.6 is 0 Å². The largest absolute Gasteiger partial charge is 0.325 e. The Labute approximate surface area is 183 Å². The van der Waals surface area contributed by atoms with Crippen molar-refractivity contribution in [3.63, 3.8) is 0 Å². The molecule has 5 nitrogen and oxygen atoms in total. The van der Waals surface area contributed by atoms with Crippen LogP contribution in [-0.4, -0.2) is 48.4 Å². The number of hydrogen-bond acceptors (Lipinski definition) is 4. The minimum Gasteiger partial charge on any atom is -0.325 e. The van der Waals surface area contributed by atoms with Crippen molar-refractivity contribution < 1.29 is 4.79 Å². The summed E-state index contributed by atoms with van der Waals surface area (Å²) in [7, 11) is 0. The number of nitriles is 1. The smallest absolute Gasteiger partial charge is 0.238 e. The Balaban J connectivity index is 1.36. The van der Waals surface area contributed by atoms with E-state index in [2.05, 4.69) is 81.8 Å². The number of amides is 1. The lowest BCUT2D eigenvalue weighted by atomic mass is 9.96. The molecule has 0 bridgehead atoms. The maximum absolute atomic E-state index is 12.5. The van der Waals surface area contributed by atoms with Crippen LogP contribution in [0.2, 0.25) is 0 Å². The summed E-state index contributed by atoms with van der Waals surface area (Å²) in [5.74, 6) is -0.0270. The number of carbonyl (C=O) groups is 1. The molecule has 3 aromatic rings. The van der Waals surface area contributed by atoms with E-state index in [1.54, 1.807) is 24.3 Å². The van der Waals surface area contributed by atoms with Gasteiger partial charge in [-0.2, -0.15) is 5.26 Å². The quantitative estimate of drug-likeness (QED) is 0.670. The van der Waals surface area contributed by atoms with E-state index in [9.17, 15) is 4.79 Å². The minimum atomic E-state index is -0.0270. The molecule has 4 rings (SSSR count). The first-order chi connectivity index (χ1) is 15.2. The molecule has 0 aliphatic carbocycles. The predicted octanol–water partition coefficient (Wildman–Crippen LogP) is 3.90. The summed E-state index contributed by atoms with van der Waals surface area (Å²) < 4.78 is 0. The Morgan fingerprint density at radius 2 is 1.39 bits per heavy atom. The van der Waals surface area contributed by atoms with Crippen LogP contribution in [0.1, 0.15) is 22.7 Å². The van der Waals surface area contributed by atoms with Gasteiger partial charge in [0.25, 0.3) is 0 Å². The molecule has 1 N–H and O–H groups in total. The Bertz CT molecular complexity index is 981. The molecule has 1 heterocycles. The van der Waals surface area contributed by atoms with E-state index in [0.29, 0.717) is 12.1 Å². The number of anilines is 1. The Kier molecular flexibility index (Phi) is 6.73. The first-order valence-electron chi connectivity index (χ1n) is 10.6. The SMILES string of the molecule is N#Cc1ccc(NC(=O)CN2CCN(C(c3ccccc3)c3ccccc3)CC2)cc1. The van der Waals surface area contributed by atoms with Gasteiger partial charge in [-0.3, -0.25) is 14.6 Å². The molecule has 3 aromatic carbocycles. The van der Waals surface area contributed by atoms with Gasteiger partial charge in [0.15, 0.2) is 0 Å². The van der Waals surface area contributed by atoms with E-state index >= 15 is 0 Å².